The molecule has 0 atom stereocenters. The number of amides is 1. The summed E-state index contributed by atoms with van der Waals surface area (Å²) in [6, 6.07) is 6.21. The molecular formula is C12H16N2O5S. The molecule has 110 valence electrons. The summed E-state index contributed by atoms with van der Waals surface area (Å²) in [5.74, 6) is -0.173. The molecule has 0 spiro atoms. The Hall–Kier alpha value is -1.48. The maximum Gasteiger partial charge on any atom is 0.237 e. The molecule has 1 aliphatic heterocycles. The first kappa shape index (κ1) is 14.9. The fourth-order valence-electron chi connectivity index (χ4n) is 1.98. The van der Waals surface area contributed by atoms with E-state index >= 15 is 0 Å². The Kier molecular flexibility index (Phi) is 4.71. The number of nitrogens with zero attached hydrogens (tertiary/aromatic N) is 2. The van der Waals surface area contributed by atoms with Crippen LogP contribution >= 0.6 is 0 Å². The van der Waals surface area contributed by atoms with E-state index in [9.17, 15) is 18.4 Å². The normalized spacial score (nSPS) is 16.9. The lowest BCUT2D eigenvalue weighted by molar-refractivity contribution is -0.111. The molecule has 0 aliphatic carbocycles. The highest BCUT2D eigenvalue weighted by atomic mass is 32.2. The minimum atomic E-state index is -3.42. The number of hydroxylamine groups is 1. The number of anilines is 1. The number of morpholine rings is 1. The first-order valence-electron chi connectivity index (χ1n) is 6.11. The van der Waals surface area contributed by atoms with E-state index in [2.05, 4.69) is 0 Å². The zero-order chi connectivity index (χ0) is 14.6. The van der Waals surface area contributed by atoms with Crippen molar-refractivity contribution in [3.8, 4) is 0 Å². The molecule has 1 heterocycles. The number of ether oxygens (including phenoxy) is 1. The number of carbonyl (C=O) groups excluding carboxylic acids is 1. The van der Waals surface area contributed by atoms with Gasteiger partial charge in [-0.1, -0.05) is 12.1 Å². The lowest BCUT2D eigenvalue weighted by Crippen LogP contribution is -2.41. The van der Waals surface area contributed by atoms with Crippen LogP contribution in [0.2, 0.25) is 0 Å². The third-order valence-electron chi connectivity index (χ3n) is 2.99. The van der Waals surface area contributed by atoms with E-state index in [1.54, 1.807) is 12.1 Å². The molecule has 0 aromatic heterocycles. The van der Waals surface area contributed by atoms with Crippen molar-refractivity contribution in [2.24, 2.45) is 0 Å². The third-order valence-corrected chi connectivity index (χ3v) is 4.84. The van der Waals surface area contributed by atoms with Crippen LogP contribution in [-0.2, 0) is 25.3 Å². The number of rotatable bonds is 5. The van der Waals surface area contributed by atoms with Crippen LogP contribution in [0, 0.1) is 0 Å². The van der Waals surface area contributed by atoms with Crippen molar-refractivity contribution in [2.45, 2.75) is 5.75 Å². The molecular weight excluding hydrogens is 284 g/mol. The average Bonchev–Trinajstić information content (AvgIpc) is 2.47. The molecule has 8 heteroatoms. The van der Waals surface area contributed by atoms with Crippen molar-refractivity contribution in [1.29, 1.82) is 0 Å². The lowest BCUT2D eigenvalue weighted by Gasteiger charge is -2.26. The maximum atomic E-state index is 12.2. The van der Waals surface area contributed by atoms with Gasteiger partial charge in [0.1, 0.15) is 0 Å². The summed E-state index contributed by atoms with van der Waals surface area (Å²) in [7, 11) is -3.42. The van der Waals surface area contributed by atoms with E-state index in [1.807, 2.05) is 0 Å². The Labute approximate surface area is 117 Å². The van der Waals surface area contributed by atoms with Crippen molar-refractivity contribution in [3.63, 3.8) is 0 Å². The molecule has 0 radical (unpaired) electrons. The van der Waals surface area contributed by atoms with Gasteiger partial charge >= 0.3 is 0 Å². The molecule has 1 amide bonds. The molecule has 1 aliphatic rings. The molecule has 1 saturated heterocycles. The van der Waals surface area contributed by atoms with Gasteiger partial charge in [-0.2, -0.15) is 9.37 Å². The van der Waals surface area contributed by atoms with Crippen molar-refractivity contribution < 1.29 is 23.2 Å². The van der Waals surface area contributed by atoms with Crippen LogP contribution in [0.4, 0.5) is 5.69 Å². The Bertz CT molecular complexity index is 569. The number of hydrogen-bond acceptors (Lipinski definition) is 5. The number of hydrogen-bond donors (Lipinski definition) is 1. The van der Waals surface area contributed by atoms with Crippen LogP contribution in [0.15, 0.2) is 24.3 Å². The van der Waals surface area contributed by atoms with Gasteiger partial charge in [-0.15, -0.1) is 0 Å². The zero-order valence-electron chi connectivity index (χ0n) is 10.8. The van der Waals surface area contributed by atoms with Crippen molar-refractivity contribution in [3.05, 3.63) is 29.8 Å². The van der Waals surface area contributed by atoms with Gasteiger partial charge in [0.05, 0.1) is 24.7 Å². The topological polar surface area (TPSA) is 87.2 Å². The average molecular weight is 300 g/mol. The van der Waals surface area contributed by atoms with Crippen molar-refractivity contribution in [2.75, 3.05) is 31.4 Å². The zero-order valence-corrected chi connectivity index (χ0v) is 11.6. The second-order valence-electron chi connectivity index (χ2n) is 4.39. The summed E-state index contributed by atoms with van der Waals surface area (Å²) in [6.45, 7) is 1.49. The predicted molar refractivity (Wildman–Crippen MR) is 71.8 cm³/mol. The Morgan fingerprint density at radius 2 is 2.05 bits per heavy atom. The van der Waals surface area contributed by atoms with E-state index in [0.29, 0.717) is 36.9 Å². The van der Waals surface area contributed by atoms with Gasteiger partial charge < -0.3 is 4.74 Å². The summed E-state index contributed by atoms with van der Waals surface area (Å²) < 4.78 is 31.0. The van der Waals surface area contributed by atoms with Gasteiger partial charge in [0, 0.05) is 13.1 Å². The number of sulfonamides is 1. The summed E-state index contributed by atoms with van der Waals surface area (Å²) in [5.41, 5.74) is 0.740. The van der Waals surface area contributed by atoms with Gasteiger partial charge in [0.2, 0.25) is 16.4 Å². The minimum Gasteiger partial charge on any atom is -0.379 e. The number of benzene rings is 1. The molecule has 1 aromatic carbocycles. The van der Waals surface area contributed by atoms with Gasteiger partial charge in [0.15, 0.2) is 0 Å². The van der Waals surface area contributed by atoms with Gasteiger partial charge in [-0.25, -0.2) is 8.42 Å². The van der Waals surface area contributed by atoms with Crippen LogP contribution in [0.25, 0.3) is 0 Å². The van der Waals surface area contributed by atoms with E-state index in [0.717, 1.165) is 0 Å². The smallest absolute Gasteiger partial charge is 0.237 e. The summed E-state index contributed by atoms with van der Waals surface area (Å²) in [6.07, 6.45) is 0.246. The molecule has 0 unspecified atom stereocenters. The molecule has 0 bridgehead atoms. The molecule has 0 saturated carbocycles. The van der Waals surface area contributed by atoms with E-state index in [1.165, 1.54) is 16.4 Å². The molecule has 1 fully saturated rings. The van der Waals surface area contributed by atoms with Crippen LogP contribution < -0.4 is 5.06 Å². The second kappa shape index (κ2) is 6.31. The highest BCUT2D eigenvalue weighted by Gasteiger charge is 2.24. The van der Waals surface area contributed by atoms with E-state index < -0.39 is 10.0 Å². The van der Waals surface area contributed by atoms with E-state index in [4.69, 9.17) is 4.74 Å². The third kappa shape index (κ3) is 3.54. The largest absolute Gasteiger partial charge is 0.379 e. The van der Waals surface area contributed by atoms with Crippen LogP contribution in [0.5, 0.6) is 0 Å². The van der Waals surface area contributed by atoms with Gasteiger partial charge in [0.25, 0.3) is 0 Å². The monoisotopic (exact) mass is 300 g/mol. The highest BCUT2D eigenvalue weighted by Crippen LogP contribution is 2.17. The van der Waals surface area contributed by atoms with Crippen LogP contribution in [-0.4, -0.2) is 50.6 Å². The second-order valence-corrected chi connectivity index (χ2v) is 6.36. The van der Waals surface area contributed by atoms with Crippen molar-refractivity contribution >= 4 is 22.1 Å². The summed E-state index contributed by atoms with van der Waals surface area (Å²) in [5, 5.41) is 9.70. The van der Waals surface area contributed by atoms with E-state index in [-0.39, 0.29) is 17.9 Å². The Morgan fingerprint density at radius 3 is 2.70 bits per heavy atom. The Balaban J connectivity index is 2.14. The maximum absolute atomic E-state index is 12.2. The summed E-state index contributed by atoms with van der Waals surface area (Å²) in [4.78, 5) is 10.5. The van der Waals surface area contributed by atoms with Crippen LogP contribution in [0.1, 0.15) is 5.56 Å². The molecule has 1 aromatic rings. The van der Waals surface area contributed by atoms with Crippen molar-refractivity contribution in [1.82, 2.24) is 4.31 Å². The quantitative estimate of drug-likeness (QED) is 0.477. The number of carbonyl (C=O) groups is 1. The molecule has 2 rings (SSSR count). The minimum absolute atomic E-state index is 0.173. The lowest BCUT2D eigenvalue weighted by atomic mass is 10.2. The standard InChI is InChI=1S/C12H16N2O5S/c15-10-14(16)12-3-1-2-11(8-12)9-20(17,18)13-4-6-19-7-5-13/h1-3,8,10,16H,4-7,9H2. The fraction of sp³-hybridized carbons (Fsp3) is 0.417. The fourth-order valence-corrected chi connectivity index (χ4v) is 3.47. The van der Waals surface area contributed by atoms with Gasteiger partial charge in [-0.05, 0) is 17.7 Å². The molecule has 7 nitrogen and oxygen atoms in total. The SMILES string of the molecule is O=CN(O)c1cccc(CS(=O)(=O)N2CCOCC2)c1. The first-order chi connectivity index (χ1) is 9.53. The Morgan fingerprint density at radius 1 is 1.35 bits per heavy atom. The van der Waals surface area contributed by atoms with Gasteiger partial charge in [-0.3, -0.25) is 10.0 Å². The molecule has 20 heavy (non-hydrogen) atoms. The predicted octanol–water partition coefficient (Wildman–Crippen LogP) is 0.201. The highest BCUT2D eigenvalue weighted by molar-refractivity contribution is 7.88. The first-order valence-corrected chi connectivity index (χ1v) is 7.72. The van der Waals surface area contributed by atoms with Crippen LogP contribution in [0.3, 0.4) is 0 Å². The molecule has 1 N–H and O–H groups in total. The summed E-state index contributed by atoms with van der Waals surface area (Å²) >= 11 is 0.